The highest BCUT2D eigenvalue weighted by Crippen LogP contribution is 2.10. The fourth-order valence-corrected chi connectivity index (χ4v) is 1.13. The first kappa shape index (κ1) is 11.7. The van der Waals surface area contributed by atoms with Gasteiger partial charge in [-0.1, -0.05) is 0 Å². The molecule has 1 rings (SSSR count). The fraction of sp³-hybridized carbons (Fsp3) is 0.600. The largest absolute Gasteiger partial charge is 0.472 e. The van der Waals surface area contributed by atoms with Gasteiger partial charge < -0.3 is 14.8 Å². The summed E-state index contributed by atoms with van der Waals surface area (Å²) in [5.41, 5.74) is 0. The molecule has 0 saturated carbocycles. The summed E-state index contributed by atoms with van der Waals surface area (Å²) >= 11 is 0. The van der Waals surface area contributed by atoms with Gasteiger partial charge in [-0.25, -0.2) is 4.98 Å². The van der Waals surface area contributed by atoms with Gasteiger partial charge in [0.25, 0.3) is 0 Å². The molecule has 0 aromatic carbocycles. The molecular formula is C10H17N3O2. The second kappa shape index (κ2) is 6.19. The van der Waals surface area contributed by atoms with Crippen molar-refractivity contribution < 1.29 is 9.47 Å². The normalized spacial score (nSPS) is 12.2. The van der Waals surface area contributed by atoms with Crippen LogP contribution in [0, 0.1) is 0 Å². The monoisotopic (exact) mass is 211 g/mol. The Labute approximate surface area is 89.8 Å². The summed E-state index contributed by atoms with van der Waals surface area (Å²) in [6, 6.07) is 1.73. The fourth-order valence-electron chi connectivity index (χ4n) is 1.13. The Kier molecular flexibility index (Phi) is 4.83. The topological polar surface area (TPSA) is 56.3 Å². The summed E-state index contributed by atoms with van der Waals surface area (Å²) in [4.78, 5) is 8.23. The maximum Gasteiger partial charge on any atom is 0.225 e. The van der Waals surface area contributed by atoms with Crippen LogP contribution in [-0.2, 0) is 4.74 Å². The summed E-state index contributed by atoms with van der Waals surface area (Å²) in [7, 11) is 1.64. The number of methoxy groups -OCH3 is 1. The van der Waals surface area contributed by atoms with Gasteiger partial charge in [-0.2, -0.15) is 4.98 Å². The average molecular weight is 211 g/mol. The van der Waals surface area contributed by atoms with Crippen molar-refractivity contribution in [3.8, 4) is 5.88 Å². The van der Waals surface area contributed by atoms with E-state index in [1.165, 1.54) is 0 Å². The zero-order valence-corrected chi connectivity index (χ0v) is 9.36. The molecule has 1 atom stereocenters. The molecular weight excluding hydrogens is 194 g/mol. The molecule has 5 nitrogen and oxygen atoms in total. The third kappa shape index (κ3) is 4.12. The van der Waals surface area contributed by atoms with Crippen LogP contribution in [-0.4, -0.2) is 36.3 Å². The van der Waals surface area contributed by atoms with Crippen LogP contribution in [0.3, 0.4) is 0 Å². The van der Waals surface area contributed by atoms with Gasteiger partial charge in [-0.05, 0) is 13.8 Å². The lowest BCUT2D eigenvalue weighted by molar-refractivity contribution is 0.0890. The summed E-state index contributed by atoms with van der Waals surface area (Å²) < 4.78 is 10.5. The summed E-state index contributed by atoms with van der Waals surface area (Å²) in [6.45, 7) is 5.25. The molecule has 1 heterocycles. The number of hydrogen-bond donors (Lipinski definition) is 1. The third-order valence-electron chi connectivity index (χ3n) is 1.69. The Hall–Kier alpha value is -1.36. The van der Waals surface area contributed by atoms with Gasteiger partial charge in [0.2, 0.25) is 11.8 Å². The minimum atomic E-state index is -0.0145. The zero-order chi connectivity index (χ0) is 11.1. The smallest absolute Gasteiger partial charge is 0.225 e. The standard InChI is InChI=1S/C10H17N3O2/c1-4-11-10-12-6-5-9(13-10)15-8(2)7-14-3/h5-6,8H,4,7H2,1-3H3,(H,11,12,13). The van der Waals surface area contributed by atoms with Crippen molar-refractivity contribution in [1.29, 1.82) is 0 Å². The predicted molar refractivity (Wildman–Crippen MR) is 58.2 cm³/mol. The molecule has 1 N–H and O–H groups in total. The quantitative estimate of drug-likeness (QED) is 0.769. The lowest BCUT2D eigenvalue weighted by atomic mass is 10.4. The number of aromatic nitrogens is 2. The maximum absolute atomic E-state index is 5.53. The van der Waals surface area contributed by atoms with Crippen molar-refractivity contribution in [3.05, 3.63) is 12.3 Å². The van der Waals surface area contributed by atoms with Crippen LogP contribution in [0.2, 0.25) is 0 Å². The van der Waals surface area contributed by atoms with Gasteiger partial charge in [0, 0.05) is 25.9 Å². The molecule has 0 spiro atoms. The van der Waals surface area contributed by atoms with Crippen LogP contribution in [0.15, 0.2) is 12.3 Å². The second-order valence-electron chi connectivity index (χ2n) is 3.13. The Balaban J connectivity index is 2.56. The number of nitrogens with one attached hydrogen (secondary N) is 1. The molecule has 0 radical (unpaired) electrons. The molecule has 0 saturated heterocycles. The number of ether oxygens (including phenoxy) is 2. The van der Waals surface area contributed by atoms with E-state index in [9.17, 15) is 0 Å². The van der Waals surface area contributed by atoms with E-state index in [0.29, 0.717) is 18.4 Å². The lowest BCUT2D eigenvalue weighted by Gasteiger charge is -2.12. The van der Waals surface area contributed by atoms with Gasteiger partial charge in [0.15, 0.2) is 0 Å². The van der Waals surface area contributed by atoms with Crippen LogP contribution in [0.25, 0.3) is 0 Å². The number of nitrogens with zero attached hydrogens (tertiary/aromatic N) is 2. The molecule has 15 heavy (non-hydrogen) atoms. The van der Waals surface area contributed by atoms with Crippen LogP contribution in [0.1, 0.15) is 13.8 Å². The van der Waals surface area contributed by atoms with E-state index in [0.717, 1.165) is 6.54 Å². The van der Waals surface area contributed by atoms with Crippen molar-refractivity contribution in [2.45, 2.75) is 20.0 Å². The first-order valence-electron chi connectivity index (χ1n) is 4.98. The minimum Gasteiger partial charge on any atom is -0.472 e. The average Bonchev–Trinajstić information content (AvgIpc) is 2.19. The molecule has 1 aromatic rings. The van der Waals surface area contributed by atoms with Gasteiger partial charge in [-0.3, -0.25) is 0 Å². The summed E-state index contributed by atoms with van der Waals surface area (Å²) in [5.74, 6) is 1.14. The van der Waals surface area contributed by atoms with E-state index in [1.807, 2.05) is 13.8 Å². The molecule has 84 valence electrons. The molecule has 0 amide bonds. The number of anilines is 1. The molecule has 0 aliphatic rings. The van der Waals surface area contributed by atoms with Crippen molar-refractivity contribution in [1.82, 2.24) is 9.97 Å². The van der Waals surface area contributed by atoms with Gasteiger partial charge >= 0.3 is 0 Å². The highest BCUT2D eigenvalue weighted by molar-refractivity contribution is 5.26. The Morgan fingerprint density at radius 1 is 1.53 bits per heavy atom. The number of hydrogen-bond acceptors (Lipinski definition) is 5. The third-order valence-corrected chi connectivity index (χ3v) is 1.69. The maximum atomic E-state index is 5.53. The van der Waals surface area contributed by atoms with Crippen LogP contribution in [0.4, 0.5) is 5.95 Å². The van der Waals surface area contributed by atoms with Gasteiger partial charge in [0.05, 0.1) is 6.61 Å². The van der Waals surface area contributed by atoms with E-state index in [4.69, 9.17) is 9.47 Å². The highest BCUT2D eigenvalue weighted by Gasteiger charge is 2.05. The second-order valence-corrected chi connectivity index (χ2v) is 3.13. The summed E-state index contributed by atoms with van der Waals surface area (Å²) in [5, 5.41) is 3.02. The van der Waals surface area contributed by atoms with Crippen molar-refractivity contribution in [2.24, 2.45) is 0 Å². The molecule has 5 heteroatoms. The first-order valence-corrected chi connectivity index (χ1v) is 4.98. The SMILES string of the molecule is CCNc1nccc(OC(C)COC)n1. The van der Waals surface area contributed by atoms with E-state index < -0.39 is 0 Å². The molecule has 1 unspecified atom stereocenters. The highest BCUT2D eigenvalue weighted by atomic mass is 16.5. The molecule has 1 aromatic heterocycles. The van der Waals surface area contributed by atoms with Crippen molar-refractivity contribution in [2.75, 3.05) is 25.6 Å². The van der Waals surface area contributed by atoms with E-state index in [1.54, 1.807) is 19.4 Å². The van der Waals surface area contributed by atoms with E-state index in [2.05, 4.69) is 15.3 Å². The lowest BCUT2D eigenvalue weighted by Crippen LogP contribution is -2.18. The number of rotatable bonds is 6. The van der Waals surface area contributed by atoms with E-state index in [-0.39, 0.29) is 6.10 Å². The van der Waals surface area contributed by atoms with Crippen LogP contribution < -0.4 is 10.1 Å². The Morgan fingerprint density at radius 2 is 2.33 bits per heavy atom. The zero-order valence-electron chi connectivity index (χ0n) is 9.36. The van der Waals surface area contributed by atoms with Crippen LogP contribution in [0.5, 0.6) is 5.88 Å². The van der Waals surface area contributed by atoms with Crippen molar-refractivity contribution in [3.63, 3.8) is 0 Å². The first-order chi connectivity index (χ1) is 7.26. The van der Waals surface area contributed by atoms with E-state index >= 15 is 0 Å². The van der Waals surface area contributed by atoms with Gasteiger partial charge in [0.1, 0.15) is 6.10 Å². The Morgan fingerprint density at radius 3 is 3.00 bits per heavy atom. The molecule has 0 aliphatic carbocycles. The van der Waals surface area contributed by atoms with Gasteiger partial charge in [-0.15, -0.1) is 0 Å². The summed E-state index contributed by atoms with van der Waals surface area (Å²) in [6.07, 6.45) is 1.65. The Bertz CT molecular complexity index is 294. The molecule has 0 bridgehead atoms. The van der Waals surface area contributed by atoms with Crippen LogP contribution >= 0.6 is 0 Å². The predicted octanol–water partition coefficient (Wildman–Crippen LogP) is 1.32. The molecule has 0 fully saturated rings. The van der Waals surface area contributed by atoms with Crippen molar-refractivity contribution >= 4 is 5.95 Å². The molecule has 0 aliphatic heterocycles. The minimum absolute atomic E-state index is 0.0145.